The van der Waals surface area contributed by atoms with E-state index >= 15 is 0 Å². The van der Waals surface area contributed by atoms with Gasteiger partial charge in [0.25, 0.3) is 5.22 Å². The molecule has 4 heterocycles. The van der Waals surface area contributed by atoms with Crippen LogP contribution in [0.5, 0.6) is 0 Å². The summed E-state index contributed by atoms with van der Waals surface area (Å²) in [6, 6.07) is 8.71. The van der Waals surface area contributed by atoms with Gasteiger partial charge in [0.1, 0.15) is 5.52 Å². The second-order valence-corrected chi connectivity index (χ2v) is 9.75. The predicted octanol–water partition coefficient (Wildman–Crippen LogP) is 2.63. The number of aromatic nitrogens is 1. The average Bonchev–Trinajstić information content (AvgIpc) is 2.94. The van der Waals surface area contributed by atoms with E-state index in [2.05, 4.69) is 9.88 Å². The number of rotatable bonds is 5. The summed E-state index contributed by atoms with van der Waals surface area (Å²) in [7, 11) is -2.49. The highest BCUT2D eigenvalue weighted by molar-refractivity contribution is 7.99. The molecule has 0 radical (unpaired) electrons. The Morgan fingerprint density at radius 1 is 1.04 bits per heavy atom. The van der Waals surface area contributed by atoms with E-state index in [1.807, 2.05) is 24.3 Å². The topological polar surface area (TPSA) is 57.0 Å². The van der Waals surface area contributed by atoms with E-state index in [1.165, 1.54) is 0 Å². The third kappa shape index (κ3) is 3.84. The van der Waals surface area contributed by atoms with Gasteiger partial charge in [-0.3, -0.25) is 4.90 Å². The van der Waals surface area contributed by atoms with Crippen LogP contribution in [0, 0.1) is 0 Å². The van der Waals surface area contributed by atoms with E-state index in [1.54, 1.807) is 11.8 Å². The van der Waals surface area contributed by atoms with Crippen LogP contribution in [0.25, 0.3) is 11.1 Å². The molecule has 0 spiro atoms. The molecule has 5 rings (SSSR count). The first-order chi connectivity index (χ1) is 11.8. The second-order valence-electron chi connectivity index (χ2n) is 5.97. The Morgan fingerprint density at radius 3 is 2.46 bits per heavy atom. The first-order valence-corrected chi connectivity index (χ1v) is 11.4. The predicted molar refractivity (Wildman–Crippen MR) is 94.2 cm³/mol. The molecule has 3 fully saturated rings. The minimum atomic E-state index is -2.49. The van der Waals surface area contributed by atoms with Gasteiger partial charge in [0.05, 0.1) is 19.8 Å². The zero-order chi connectivity index (χ0) is 16.2. The molecule has 1 aromatic carbocycles. The van der Waals surface area contributed by atoms with E-state index in [-0.39, 0.29) is 0 Å². The summed E-state index contributed by atoms with van der Waals surface area (Å²) in [4.78, 5) is 6.83. The lowest BCUT2D eigenvalue weighted by Gasteiger charge is -2.38. The summed E-state index contributed by atoms with van der Waals surface area (Å²) in [5.41, 5.74) is 1.75. The minimum Gasteiger partial charge on any atom is -0.431 e. The lowest BCUT2D eigenvalue weighted by Crippen LogP contribution is -2.55. The normalized spacial score (nSPS) is 27.8. The number of oxazole rings is 1. The number of fused-ring (bicyclic) bond motifs is 7. The van der Waals surface area contributed by atoms with Crippen LogP contribution < -0.4 is 0 Å². The average molecular weight is 367 g/mol. The number of para-hydroxylation sites is 2. The minimum absolute atomic E-state index is 0.713. The third-order valence-electron chi connectivity index (χ3n) is 4.32. The van der Waals surface area contributed by atoms with Crippen LogP contribution in [0.3, 0.4) is 0 Å². The van der Waals surface area contributed by atoms with Crippen LogP contribution in [-0.4, -0.2) is 63.9 Å². The maximum atomic E-state index is 6.05. The van der Waals surface area contributed by atoms with Crippen molar-refractivity contribution in [2.24, 2.45) is 0 Å². The van der Waals surface area contributed by atoms with Gasteiger partial charge in [-0.25, -0.2) is 4.98 Å². The molecular formula is C16H22N2O4SSi. The zero-order valence-electron chi connectivity index (χ0n) is 13.6. The molecule has 0 atom stereocenters. The molecule has 3 saturated heterocycles. The van der Waals surface area contributed by atoms with Crippen molar-refractivity contribution in [2.45, 2.75) is 17.7 Å². The van der Waals surface area contributed by atoms with Gasteiger partial charge in [0.2, 0.25) is 0 Å². The van der Waals surface area contributed by atoms with Gasteiger partial charge in [0, 0.05) is 31.4 Å². The molecule has 3 aliphatic heterocycles. The quantitative estimate of drug-likeness (QED) is 0.458. The van der Waals surface area contributed by atoms with Gasteiger partial charge in [-0.15, -0.1) is 0 Å². The van der Waals surface area contributed by atoms with E-state index in [0.29, 0.717) is 19.8 Å². The van der Waals surface area contributed by atoms with Crippen molar-refractivity contribution >= 4 is 31.7 Å². The molecule has 8 heteroatoms. The van der Waals surface area contributed by atoms with Gasteiger partial charge in [-0.1, -0.05) is 23.9 Å². The molecule has 2 aromatic rings. The van der Waals surface area contributed by atoms with Crippen molar-refractivity contribution < 1.29 is 17.7 Å². The lowest BCUT2D eigenvalue weighted by molar-refractivity contribution is -0.00828. The molecule has 0 amide bonds. The monoisotopic (exact) mass is 366 g/mol. The van der Waals surface area contributed by atoms with Crippen molar-refractivity contribution in [1.82, 2.24) is 9.88 Å². The molecular weight excluding hydrogens is 344 g/mol. The van der Waals surface area contributed by atoms with Crippen LogP contribution >= 0.6 is 11.8 Å². The molecule has 130 valence electrons. The molecule has 0 saturated carbocycles. The highest BCUT2D eigenvalue weighted by Gasteiger charge is 2.43. The number of hydrogen-bond acceptors (Lipinski definition) is 7. The number of nitrogens with zero attached hydrogens (tertiary/aromatic N) is 2. The summed E-state index contributed by atoms with van der Waals surface area (Å²) in [5, 5.41) is 0.726. The van der Waals surface area contributed by atoms with Crippen molar-refractivity contribution in [3.8, 4) is 0 Å². The fourth-order valence-corrected chi connectivity index (χ4v) is 6.56. The Balaban J connectivity index is 1.30. The fourth-order valence-electron chi connectivity index (χ4n) is 3.03. The summed E-state index contributed by atoms with van der Waals surface area (Å²) in [5.74, 6) is 0.920. The molecule has 0 unspecified atom stereocenters. The third-order valence-corrected chi connectivity index (χ3v) is 8.13. The molecule has 0 N–H and O–H groups in total. The van der Waals surface area contributed by atoms with E-state index in [9.17, 15) is 0 Å². The summed E-state index contributed by atoms with van der Waals surface area (Å²) < 4.78 is 23.9. The SMILES string of the molecule is c1ccc2oc(SCCC[Si]34OCCN(CCO3)CCO4)nc2c1. The van der Waals surface area contributed by atoms with Crippen LogP contribution in [-0.2, 0) is 13.3 Å². The smallest absolute Gasteiger partial charge is 0.431 e. The van der Waals surface area contributed by atoms with Gasteiger partial charge >= 0.3 is 8.80 Å². The van der Waals surface area contributed by atoms with E-state index in [4.69, 9.17) is 17.7 Å². The molecule has 2 bridgehead atoms. The standard InChI is InChI=1S/C16H22N2O4SSi/c1-2-5-15-14(4-1)17-16(22-15)23-12-3-13-24-19-9-6-18(7-10-20-24)8-11-21-24/h1-2,4-5H,3,6-13H2. The van der Waals surface area contributed by atoms with Crippen molar-refractivity contribution in [2.75, 3.05) is 45.2 Å². The van der Waals surface area contributed by atoms with Gasteiger partial charge in [-0.05, 0) is 18.6 Å². The van der Waals surface area contributed by atoms with E-state index < -0.39 is 8.80 Å². The first kappa shape index (κ1) is 16.6. The van der Waals surface area contributed by atoms with Crippen molar-refractivity contribution in [3.63, 3.8) is 0 Å². The number of benzene rings is 1. The van der Waals surface area contributed by atoms with Crippen molar-refractivity contribution in [3.05, 3.63) is 24.3 Å². The number of hydrogen-bond donors (Lipinski definition) is 0. The Kier molecular flexibility index (Phi) is 5.21. The Labute approximate surface area is 146 Å². The van der Waals surface area contributed by atoms with Crippen LogP contribution in [0.2, 0.25) is 6.04 Å². The summed E-state index contributed by atoms with van der Waals surface area (Å²) in [6.07, 6.45) is 0.972. The molecule has 24 heavy (non-hydrogen) atoms. The first-order valence-electron chi connectivity index (χ1n) is 8.46. The lowest BCUT2D eigenvalue weighted by atomic mass is 10.3. The van der Waals surface area contributed by atoms with Crippen LogP contribution in [0.4, 0.5) is 0 Å². The highest BCUT2D eigenvalue weighted by atomic mass is 32.2. The Bertz CT molecular complexity index is 623. The maximum Gasteiger partial charge on any atom is 0.501 e. The maximum absolute atomic E-state index is 6.05. The number of thioether (sulfide) groups is 1. The van der Waals surface area contributed by atoms with Crippen LogP contribution in [0.15, 0.2) is 33.9 Å². The molecule has 3 aliphatic rings. The Hall–Kier alpha value is -0.903. The molecule has 1 aromatic heterocycles. The van der Waals surface area contributed by atoms with Gasteiger partial charge in [-0.2, -0.15) is 0 Å². The van der Waals surface area contributed by atoms with Gasteiger partial charge < -0.3 is 17.7 Å². The Morgan fingerprint density at radius 2 is 1.75 bits per heavy atom. The highest BCUT2D eigenvalue weighted by Crippen LogP contribution is 2.27. The molecule has 6 nitrogen and oxygen atoms in total. The van der Waals surface area contributed by atoms with E-state index in [0.717, 1.165) is 54.2 Å². The van der Waals surface area contributed by atoms with Gasteiger partial charge in [0.15, 0.2) is 5.58 Å². The summed E-state index contributed by atoms with van der Waals surface area (Å²) in [6.45, 7) is 5.09. The second kappa shape index (κ2) is 7.55. The summed E-state index contributed by atoms with van der Waals surface area (Å²) >= 11 is 1.64. The fraction of sp³-hybridized carbons (Fsp3) is 0.562. The van der Waals surface area contributed by atoms with Crippen molar-refractivity contribution in [1.29, 1.82) is 0 Å². The molecule has 0 aliphatic carbocycles. The zero-order valence-corrected chi connectivity index (χ0v) is 15.4. The largest absolute Gasteiger partial charge is 0.501 e. The van der Waals surface area contributed by atoms with Crippen LogP contribution in [0.1, 0.15) is 6.42 Å².